The number of hydrogen-bond acceptors (Lipinski definition) is 7. The summed E-state index contributed by atoms with van der Waals surface area (Å²) in [6.45, 7) is 2.51. The molecule has 198 valence electrons. The third-order valence-corrected chi connectivity index (χ3v) is 7.02. The number of amides is 1. The highest BCUT2D eigenvalue weighted by atomic mass is 32.1. The quantitative estimate of drug-likeness (QED) is 0.413. The van der Waals surface area contributed by atoms with Crippen LogP contribution in [-0.2, 0) is 6.18 Å². The van der Waals surface area contributed by atoms with Crippen molar-refractivity contribution in [3.8, 4) is 16.5 Å². The summed E-state index contributed by atoms with van der Waals surface area (Å²) < 4.78 is 72.9. The van der Waals surface area contributed by atoms with Crippen molar-refractivity contribution < 1.29 is 31.5 Å². The number of hydrogen-bond donors (Lipinski definition) is 1. The van der Waals surface area contributed by atoms with Gasteiger partial charge in [0, 0.05) is 25.2 Å². The number of rotatable bonds is 6. The van der Waals surface area contributed by atoms with E-state index in [1.165, 1.54) is 18.4 Å². The smallest absolute Gasteiger partial charge is 0.417 e. The van der Waals surface area contributed by atoms with Gasteiger partial charge in [-0.3, -0.25) is 4.79 Å². The molecule has 3 aromatic heterocycles. The largest absolute Gasteiger partial charge is 0.481 e. The van der Waals surface area contributed by atoms with Gasteiger partial charge in [-0.1, -0.05) is 13.0 Å². The Balaban J connectivity index is 1.62. The lowest BCUT2D eigenvalue weighted by Crippen LogP contribution is -2.57. The van der Waals surface area contributed by atoms with Crippen LogP contribution < -0.4 is 10.1 Å². The van der Waals surface area contributed by atoms with Crippen molar-refractivity contribution in [1.29, 1.82) is 0 Å². The molecule has 37 heavy (non-hydrogen) atoms. The molecular weight excluding hydrogens is 517 g/mol. The van der Waals surface area contributed by atoms with Crippen LogP contribution in [0.15, 0.2) is 36.5 Å². The summed E-state index contributed by atoms with van der Waals surface area (Å²) in [5.41, 5.74) is -0.474. The van der Waals surface area contributed by atoms with E-state index in [2.05, 4.69) is 20.3 Å². The maximum absolute atomic E-state index is 14.6. The predicted octanol–water partition coefficient (Wildman–Crippen LogP) is 5.53. The number of halogens is 5. The standard InChI is InChI=1S/C24H24F5N5O2S/c1-13-9-23(25,26)12-34(17(13)11-31-18-8-7-15(10-30-18)24(27,28)29)22(35)20-21(37-14(2)32-20)16-5-4-6-19(33-16)36-3/h4-8,10,13,17H,9,11-12H2,1-3H3,(H,30,31)/t13-,17?/m1/s1. The number of thiazole rings is 1. The number of ether oxygens (including phenoxy) is 1. The molecule has 4 heterocycles. The maximum Gasteiger partial charge on any atom is 0.417 e. The molecule has 0 aromatic carbocycles. The minimum Gasteiger partial charge on any atom is -0.481 e. The van der Waals surface area contributed by atoms with Crippen LogP contribution in [0, 0.1) is 12.8 Å². The number of aromatic nitrogens is 3. The van der Waals surface area contributed by atoms with Crippen molar-refractivity contribution in [3.05, 3.63) is 52.8 Å². The van der Waals surface area contributed by atoms with Gasteiger partial charge in [0.15, 0.2) is 0 Å². The highest BCUT2D eigenvalue weighted by Gasteiger charge is 2.47. The van der Waals surface area contributed by atoms with Gasteiger partial charge in [0.05, 0.1) is 40.8 Å². The Kier molecular flexibility index (Phi) is 7.36. The van der Waals surface area contributed by atoms with Crippen LogP contribution in [0.25, 0.3) is 10.6 Å². The summed E-state index contributed by atoms with van der Waals surface area (Å²) in [7, 11) is 1.45. The number of alkyl halides is 5. The van der Waals surface area contributed by atoms with Crippen LogP contribution in [0.4, 0.5) is 27.8 Å². The number of pyridine rings is 2. The van der Waals surface area contributed by atoms with Crippen LogP contribution in [0.2, 0.25) is 0 Å². The molecule has 1 aliphatic rings. The molecule has 0 saturated carbocycles. The highest BCUT2D eigenvalue weighted by molar-refractivity contribution is 7.15. The van der Waals surface area contributed by atoms with Crippen molar-refractivity contribution in [2.24, 2.45) is 5.92 Å². The van der Waals surface area contributed by atoms with E-state index in [4.69, 9.17) is 4.74 Å². The maximum atomic E-state index is 14.6. The monoisotopic (exact) mass is 541 g/mol. The molecular formula is C24H24F5N5O2S. The third kappa shape index (κ3) is 5.97. The first kappa shape index (κ1) is 26.7. The molecule has 1 amide bonds. The molecule has 0 radical (unpaired) electrons. The molecule has 1 aliphatic heterocycles. The molecule has 4 rings (SSSR count). The number of nitrogens with one attached hydrogen (secondary N) is 1. The average molecular weight is 542 g/mol. The van der Waals surface area contributed by atoms with E-state index in [0.29, 0.717) is 27.7 Å². The van der Waals surface area contributed by atoms with Gasteiger partial charge in [-0.25, -0.2) is 23.7 Å². The van der Waals surface area contributed by atoms with E-state index in [1.807, 2.05) is 0 Å². The van der Waals surface area contributed by atoms with Crippen molar-refractivity contribution in [2.45, 2.75) is 38.4 Å². The number of aryl methyl sites for hydroxylation is 1. The van der Waals surface area contributed by atoms with Crippen LogP contribution in [0.5, 0.6) is 5.88 Å². The Hall–Kier alpha value is -3.35. The topological polar surface area (TPSA) is 80.2 Å². The lowest BCUT2D eigenvalue weighted by Gasteiger charge is -2.43. The second-order valence-electron chi connectivity index (χ2n) is 8.82. The molecule has 0 aliphatic carbocycles. The van der Waals surface area contributed by atoms with Gasteiger partial charge in [-0.2, -0.15) is 13.2 Å². The van der Waals surface area contributed by atoms with Gasteiger partial charge < -0.3 is 15.0 Å². The number of anilines is 1. The molecule has 3 aromatic rings. The summed E-state index contributed by atoms with van der Waals surface area (Å²) in [5, 5.41) is 3.45. The van der Waals surface area contributed by atoms with Crippen molar-refractivity contribution in [2.75, 3.05) is 25.5 Å². The lowest BCUT2D eigenvalue weighted by molar-refractivity contribution is -0.137. The number of carbonyl (C=O) groups is 1. The lowest BCUT2D eigenvalue weighted by atomic mass is 9.88. The Morgan fingerprint density at radius 3 is 2.65 bits per heavy atom. The normalized spacial score (nSPS) is 19.5. The number of carbonyl (C=O) groups excluding carboxylic acids is 1. The first-order chi connectivity index (χ1) is 17.4. The summed E-state index contributed by atoms with van der Waals surface area (Å²) >= 11 is 1.21. The molecule has 2 atom stereocenters. The van der Waals surface area contributed by atoms with E-state index in [9.17, 15) is 26.7 Å². The van der Waals surface area contributed by atoms with Crippen molar-refractivity contribution >= 4 is 23.1 Å². The molecule has 0 spiro atoms. The fourth-order valence-corrected chi connectivity index (χ4v) is 5.17. The highest BCUT2D eigenvalue weighted by Crippen LogP contribution is 2.37. The number of nitrogens with zero attached hydrogens (tertiary/aromatic N) is 4. The number of piperidine rings is 1. The molecule has 13 heteroatoms. The predicted molar refractivity (Wildman–Crippen MR) is 128 cm³/mol. The zero-order chi connectivity index (χ0) is 27.0. The van der Waals surface area contributed by atoms with Gasteiger partial charge in [0.2, 0.25) is 5.88 Å². The molecule has 0 bridgehead atoms. The Morgan fingerprint density at radius 1 is 1.24 bits per heavy atom. The van der Waals surface area contributed by atoms with E-state index in [1.54, 1.807) is 32.0 Å². The molecule has 1 unspecified atom stereocenters. The zero-order valence-electron chi connectivity index (χ0n) is 20.1. The van der Waals surface area contributed by atoms with Gasteiger partial charge in [0.1, 0.15) is 11.5 Å². The van der Waals surface area contributed by atoms with Crippen molar-refractivity contribution in [1.82, 2.24) is 19.9 Å². The van der Waals surface area contributed by atoms with Crippen LogP contribution >= 0.6 is 11.3 Å². The Morgan fingerprint density at radius 2 is 2.00 bits per heavy atom. The van der Waals surface area contributed by atoms with Crippen molar-refractivity contribution in [3.63, 3.8) is 0 Å². The average Bonchev–Trinajstić information content (AvgIpc) is 3.23. The van der Waals surface area contributed by atoms with Gasteiger partial charge in [0.25, 0.3) is 11.8 Å². The number of methoxy groups -OCH3 is 1. The Labute approximate surface area is 213 Å². The summed E-state index contributed by atoms with van der Waals surface area (Å²) in [4.78, 5) is 27.7. The first-order valence-corrected chi connectivity index (χ1v) is 12.1. The van der Waals surface area contributed by atoms with E-state index in [0.717, 1.165) is 17.0 Å². The third-order valence-electron chi connectivity index (χ3n) is 6.03. The fraction of sp³-hybridized carbons (Fsp3) is 0.417. The summed E-state index contributed by atoms with van der Waals surface area (Å²) in [6, 6.07) is 6.36. The zero-order valence-corrected chi connectivity index (χ0v) is 21.0. The first-order valence-electron chi connectivity index (χ1n) is 11.3. The molecule has 1 saturated heterocycles. The SMILES string of the molecule is COc1cccc(-c2sc(C)nc2C(=O)N2CC(F)(F)C[C@@H](C)C2CNc2ccc(C(F)(F)F)cn2)n1. The summed E-state index contributed by atoms with van der Waals surface area (Å²) in [5.74, 6) is -3.95. The second-order valence-corrected chi connectivity index (χ2v) is 10.0. The van der Waals surface area contributed by atoms with Crippen LogP contribution in [0.1, 0.15) is 34.4 Å². The van der Waals surface area contributed by atoms with E-state index in [-0.39, 0.29) is 18.1 Å². The molecule has 1 fully saturated rings. The van der Waals surface area contributed by atoms with Gasteiger partial charge >= 0.3 is 6.18 Å². The van der Waals surface area contributed by atoms with Gasteiger partial charge in [-0.15, -0.1) is 11.3 Å². The van der Waals surface area contributed by atoms with Crippen LogP contribution in [0.3, 0.4) is 0 Å². The fourth-order valence-electron chi connectivity index (χ4n) is 4.29. The van der Waals surface area contributed by atoms with E-state index >= 15 is 0 Å². The minimum atomic E-state index is -4.53. The van der Waals surface area contributed by atoms with Gasteiger partial charge in [-0.05, 0) is 31.0 Å². The molecule has 7 nitrogen and oxygen atoms in total. The second kappa shape index (κ2) is 10.2. The molecule has 1 N–H and O–H groups in total. The Bertz CT molecular complexity index is 1270. The number of likely N-dealkylation sites (tertiary alicyclic amines) is 1. The minimum absolute atomic E-state index is 0.00538. The summed E-state index contributed by atoms with van der Waals surface area (Å²) in [6.07, 6.45) is -4.28. The van der Waals surface area contributed by atoms with Crippen LogP contribution in [-0.4, -0.2) is 57.9 Å². The van der Waals surface area contributed by atoms with E-state index < -0.39 is 48.5 Å².